The normalized spacial score (nSPS) is 10.3. The third-order valence-electron chi connectivity index (χ3n) is 1.37. The number of thiazole rings is 1. The van der Waals surface area contributed by atoms with Crippen LogP contribution in [0.3, 0.4) is 0 Å². The number of nitrogens with zero attached hydrogens (tertiary/aromatic N) is 2. The fraction of sp³-hybridized carbons (Fsp3) is 0.111. The van der Waals surface area contributed by atoms with Gasteiger partial charge in [0.25, 0.3) is 0 Å². The van der Waals surface area contributed by atoms with E-state index in [-0.39, 0.29) is 12.3 Å². The standard InChI is InChI=1S/C9H7N3O3S/c1-2-3-15-12-7(4-13)8-5-16-9(11-8)10-6-14/h1,4-6H,3H2,(H,10,11,14)/b12-7-. The van der Waals surface area contributed by atoms with Crippen LogP contribution in [0.4, 0.5) is 5.13 Å². The average Bonchev–Trinajstić information content (AvgIpc) is 2.74. The number of anilines is 1. The Labute approximate surface area is 95.3 Å². The molecule has 0 saturated carbocycles. The molecule has 0 unspecified atom stereocenters. The summed E-state index contributed by atoms with van der Waals surface area (Å²) in [6.45, 7) is -0.0269. The van der Waals surface area contributed by atoms with Crippen molar-refractivity contribution >= 4 is 34.9 Å². The van der Waals surface area contributed by atoms with Gasteiger partial charge in [0.15, 0.2) is 23.7 Å². The van der Waals surface area contributed by atoms with Gasteiger partial charge in [-0.3, -0.25) is 9.59 Å². The number of aldehydes is 1. The summed E-state index contributed by atoms with van der Waals surface area (Å²) < 4.78 is 0. The van der Waals surface area contributed by atoms with Gasteiger partial charge in [0, 0.05) is 5.38 Å². The first-order chi connectivity index (χ1) is 7.81. The van der Waals surface area contributed by atoms with Gasteiger partial charge >= 0.3 is 0 Å². The number of hydrogen-bond acceptors (Lipinski definition) is 6. The Hall–Kier alpha value is -2.20. The van der Waals surface area contributed by atoms with E-state index in [2.05, 4.69) is 26.2 Å². The Kier molecular flexibility index (Phi) is 4.69. The first kappa shape index (κ1) is 11.9. The van der Waals surface area contributed by atoms with Crippen LogP contribution in [0.1, 0.15) is 5.69 Å². The van der Waals surface area contributed by atoms with Gasteiger partial charge in [0.05, 0.1) is 0 Å². The van der Waals surface area contributed by atoms with Crippen molar-refractivity contribution < 1.29 is 14.4 Å². The van der Waals surface area contributed by atoms with Crippen molar-refractivity contribution in [2.24, 2.45) is 5.16 Å². The number of carbonyl (C=O) groups is 2. The van der Waals surface area contributed by atoms with E-state index < -0.39 is 0 Å². The third-order valence-corrected chi connectivity index (χ3v) is 2.14. The molecule has 0 saturated heterocycles. The molecule has 1 aromatic heterocycles. The minimum atomic E-state index is -0.0269. The lowest BCUT2D eigenvalue weighted by molar-refractivity contribution is -0.105. The van der Waals surface area contributed by atoms with Crippen molar-refractivity contribution in [1.29, 1.82) is 0 Å². The van der Waals surface area contributed by atoms with Crippen LogP contribution in [0.25, 0.3) is 0 Å². The van der Waals surface area contributed by atoms with Crippen molar-refractivity contribution in [3.8, 4) is 12.3 Å². The summed E-state index contributed by atoms with van der Waals surface area (Å²) >= 11 is 1.17. The lowest BCUT2D eigenvalue weighted by Gasteiger charge is -1.94. The number of oxime groups is 1. The summed E-state index contributed by atoms with van der Waals surface area (Å²) in [5.74, 6) is 2.20. The van der Waals surface area contributed by atoms with Crippen LogP contribution in [0, 0.1) is 12.3 Å². The molecule has 0 fully saturated rings. The van der Waals surface area contributed by atoms with Gasteiger partial charge in [0.2, 0.25) is 6.41 Å². The Bertz CT molecular complexity index is 447. The number of rotatable bonds is 6. The van der Waals surface area contributed by atoms with Crippen LogP contribution in [-0.2, 0) is 14.4 Å². The Balaban J connectivity index is 2.78. The van der Waals surface area contributed by atoms with Crippen LogP contribution in [0.15, 0.2) is 10.5 Å². The molecule has 0 aliphatic rings. The van der Waals surface area contributed by atoms with Gasteiger partial charge in [-0.1, -0.05) is 11.1 Å². The van der Waals surface area contributed by atoms with E-state index >= 15 is 0 Å². The van der Waals surface area contributed by atoms with Crippen LogP contribution in [0.5, 0.6) is 0 Å². The lowest BCUT2D eigenvalue weighted by atomic mass is 10.3. The Morgan fingerprint density at radius 1 is 1.75 bits per heavy atom. The number of aromatic nitrogens is 1. The predicted molar refractivity (Wildman–Crippen MR) is 59.2 cm³/mol. The highest BCUT2D eigenvalue weighted by Gasteiger charge is 2.08. The Morgan fingerprint density at radius 3 is 3.19 bits per heavy atom. The number of carbonyl (C=O) groups excluding carboxylic acids is 2. The molecule has 16 heavy (non-hydrogen) atoms. The van der Waals surface area contributed by atoms with E-state index in [0.29, 0.717) is 23.5 Å². The maximum atomic E-state index is 10.7. The van der Waals surface area contributed by atoms with Crippen molar-refractivity contribution in [2.75, 3.05) is 11.9 Å². The molecule has 0 aromatic carbocycles. The van der Waals surface area contributed by atoms with Crippen molar-refractivity contribution in [3.63, 3.8) is 0 Å². The average molecular weight is 237 g/mol. The van der Waals surface area contributed by atoms with Crippen LogP contribution in [-0.4, -0.2) is 30.0 Å². The largest absolute Gasteiger partial charge is 0.382 e. The maximum Gasteiger partial charge on any atom is 0.213 e. The van der Waals surface area contributed by atoms with E-state index in [4.69, 9.17) is 6.42 Å². The first-order valence-corrected chi connectivity index (χ1v) is 4.94. The van der Waals surface area contributed by atoms with Gasteiger partial charge in [-0.05, 0) is 0 Å². The molecule has 0 aliphatic carbocycles. The van der Waals surface area contributed by atoms with Crippen molar-refractivity contribution in [2.45, 2.75) is 0 Å². The predicted octanol–water partition coefficient (Wildman–Crippen LogP) is 0.264. The smallest absolute Gasteiger partial charge is 0.213 e. The van der Waals surface area contributed by atoms with E-state index in [1.54, 1.807) is 5.38 Å². The van der Waals surface area contributed by atoms with Crippen LogP contribution in [0.2, 0.25) is 0 Å². The zero-order chi connectivity index (χ0) is 11.8. The topological polar surface area (TPSA) is 80.6 Å². The second-order valence-corrected chi connectivity index (χ2v) is 3.23. The molecule has 0 spiro atoms. The van der Waals surface area contributed by atoms with Gasteiger partial charge in [0.1, 0.15) is 5.69 Å². The second-order valence-electron chi connectivity index (χ2n) is 2.37. The molecular weight excluding hydrogens is 230 g/mol. The molecule has 1 N–H and O–H groups in total. The van der Waals surface area contributed by atoms with Crippen molar-refractivity contribution in [3.05, 3.63) is 11.1 Å². The van der Waals surface area contributed by atoms with Crippen LogP contribution >= 0.6 is 11.3 Å². The summed E-state index contributed by atoms with van der Waals surface area (Å²) in [5, 5.41) is 7.81. The number of amides is 1. The van der Waals surface area contributed by atoms with Gasteiger partial charge in [-0.2, -0.15) is 0 Å². The molecular formula is C9H7N3O3S. The molecule has 82 valence electrons. The van der Waals surface area contributed by atoms with Gasteiger partial charge in [-0.15, -0.1) is 17.8 Å². The summed E-state index contributed by atoms with van der Waals surface area (Å²) in [7, 11) is 0. The molecule has 1 rings (SSSR count). The van der Waals surface area contributed by atoms with Crippen LogP contribution < -0.4 is 5.32 Å². The minimum Gasteiger partial charge on any atom is -0.382 e. The van der Waals surface area contributed by atoms with Crippen molar-refractivity contribution in [1.82, 2.24) is 4.98 Å². The molecule has 0 bridgehead atoms. The highest BCUT2D eigenvalue weighted by atomic mass is 32.1. The number of hydrogen-bond donors (Lipinski definition) is 1. The monoisotopic (exact) mass is 237 g/mol. The first-order valence-electron chi connectivity index (χ1n) is 4.06. The summed E-state index contributed by atoms with van der Waals surface area (Å²) in [5.41, 5.74) is 0.340. The molecule has 0 radical (unpaired) electrons. The lowest BCUT2D eigenvalue weighted by Crippen LogP contribution is -2.05. The van der Waals surface area contributed by atoms with E-state index in [0.717, 1.165) is 0 Å². The SMILES string of the molecule is C#CCO/N=C(/C=O)c1csc(NC=O)n1. The fourth-order valence-electron chi connectivity index (χ4n) is 0.776. The highest BCUT2D eigenvalue weighted by Crippen LogP contribution is 2.14. The van der Waals surface area contributed by atoms with Gasteiger partial charge < -0.3 is 10.2 Å². The maximum absolute atomic E-state index is 10.7. The zero-order valence-electron chi connectivity index (χ0n) is 8.04. The molecule has 1 amide bonds. The third kappa shape index (κ3) is 3.18. The van der Waals surface area contributed by atoms with E-state index in [1.165, 1.54) is 11.3 Å². The molecule has 0 atom stereocenters. The Morgan fingerprint density at radius 2 is 2.56 bits per heavy atom. The molecule has 7 heteroatoms. The number of terminal acetylenes is 1. The molecule has 1 heterocycles. The van der Waals surface area contributed by atoms with E-state index in [1.807, 2.05) is 0 Å². The zero-order valence-corrected chi connectivity index (χ0v) is 8.86. The molecule has 1 aromatic rings. The number of nitrogens with one attached hydrogen (secondary N) is 1. The summed E-state index contributed by atoms with van der Waals surface area (Å²) in [6.07, 6.45) is 5.94. The quantitative estimate of drug-likeness (QED) is 0.253. The summed E-state index contributed by atoms with van der Waals surface area (Å²) in [6, 6.07) is 0. The fourth-order valence-corrected chi connectivity index (χ4v) is 1.44. The van der Waals surface area contributed by atoms with E-state index in [9.17, 15) is 9.59 Å². The van der Waals surface area contributed by atoms with Gasteiger partial charge in [-0.25, -0.2) is 4.98 Å². The summed E-state index contributed by atoms with van der Waals surface area (Å²) in [4.78, 5) is 29.4. The second kappa shape index (κ2) is 6.31. The molecule has 0 aliphatic heterocycles. The minimum absolute atomic E-state index is 0.0189. The molecule has 6 nitrogen and oxygen atoms in total. The highest BCUT2D eigenvalue weighted by molar-refractivity contribution is 7.14.